The monoisotopic (exact) mass is 498 g/mol. The fraction of sp³-hybridized carbons (Fsp3) is 0.212. The first kappa shape index (κ1) is 22.8. The van der Waals surface area contributed by atoms with Gasteiger partial charge in [-0.15, -0.1) is 0 Å². The fourth-order valence-corrected chi connectivity index (χ4v) is 6.08. The number of anilines is 2. The van der Waals surface area contributed by atoms with Crippen LogP contribution in [-0.4, -0.2) is 22.0 Å². The van der Waals surface area contributed by atoms with Crippen LogP contribution in [-0.2, 0) is 23.3 Å². The van der Waals surface area contributed by atoms with E-state index in [-0.39, 0.29) is 5.91 Å². The Labute approximate surface area is 222 Å². The molecule has 1 amide bonds. The number of carbonyl (C=O) groups excluding carboxylic acids is 1. The van der Waals surface area contributed by atoms with Crippen LogP contribution in [0, 0.1) is 13.8 Å². The van der Waals surface area contributed by atoms with Crippen LogP contribution in [0.4, 0.5) is 11.4 Å². The predicted octanol–water partition coefficient (Wildman–Crippen LogP) is 6.60. The molecule has 1 atom stereocenters. The van der Waals surface area contributed by atoms with Gasteiger partial charge in [0.15, 0.2) is 0 Å². The van der Waals surface area contributed by atoms with Crippen molar-refractivity contribution < 1.29 is 4.79 Å². The van der Waals surface area contributed by atoms with E-state index in [4.69, 9.17) is 4.98 Å². The first-order chi connectivity index (χ1) is 18.5. The topological polar surface area (TPSA) is 50.2 Å². The third-order valence-corrected chi connectivity index (χ3v) is 8.26. The number of imidazole rings is 1. The number of benzene rings is 4. The smallest absolute Gasteiger partial charge is 0.279 e. The van der Waals surface area contributed by atoms with Crippen molar-refractivity contribution in [3.8, 4) is 11.4 Å². The number of hydrogen-bond donors (Lipinski definition) is 1. The molecule has 0 unspecified atom stereocenters. The number of aromatic nitrogens is 2. The van der Waals surface area contributed by atoms with Gasteiger partial charge in [-0.05, 0) is 85.3 Å². The number of rotatable bonds is 4. The van der Waals surface area contributed by atoms with Crippen LogP contribution in [0.1, 0.15) is 34.7 Å². The largest absolute Gasteiger partial charge is 0.350 e. The van der Waals surface area contributed by atoms with E-state index in [0.29, 0.717) is 6.54 Å². The molecule has 2 aliphatic rings. The molecular weight excluding hydrogens is 468 g/mol. The standard InChI is InChI=1S/C33H30N4O/c1-4-23-14-15-29-26(20-23)33(32(38)36(29)17-16-24-10-6-5-7-11-24)35-27-13-9-8-12-25(27)31-34-28-18-21(2)22(3)19-30(28)37(31)33/h5-15,18-20,35H,4,16-17H2,1-3H3/t33-/m1/s1. The molecular formula is C33H30N4O. The second kappa shape index (κ2) is 8.32. The van der Waals surface area contributed by atoms with E-state index < -0.39 is 5.66 Å². The Morgan fingerprint density at radius 3 is 2.45 bits per heavy atom. The van der Waals surface area contributed by atoms with Gasteiger partial charge in [0, 0.05) is 23.4 Å². The Hall–Kier alpha value is -4.38. The summed E-state index contributed by atoms with van der Waals surface area (Å²) >= 11 is 0. The maximum Gasteiger partial charge on any atom is 0.279 e. The zero-order valence-electron chi connectivity index (χ0n) is 22.0. The molecule has 0 fully saturated rings. The normalized spacial score (nSPS) is 17.4. The molecule has 5 nitrogen and oxygen atoms in total. The maximum absolute atomic E-state index is 14.8. The highest BCUT2D eigenvalue weighted by atomic mass is 16.2. The van der Waals surface area contributed by atoms with E-state index >= 15 is 0 Å². The lowest BCUT2D eigenvalue weighted by molar-refractivity contribution is -0.123. The van der Waals surface area contributed by atoms with Gasteiger partial charge in [0.2, 0.25) is 5.66 Å². The Bertz CT molecular complexity index is 1740. The van der Waals surface area contributed by atoms with Crippen molar-refractivity contribution in [3.05, 3.63) is 113 Å². The molecule has 0 radical (unpaired) electrons. The van der Waals surface area contributed by atoms with Gasteiger partial charge in [0.25, 0.3) is 5.91 Å². The number of amides is 1. The first-order valence-electron chi connectivity index (χ1n) is 13.4. The molecule has 2 aliphatic heterocycles. The molecule has 5 heteroatoms. The molecule has 0 saturated carbocycles. The quantitative estimate of drug-likeness (QED) is 0.304. The summed E-state index contributed by atoms with van der Waals surface area (Å²) in [4.78, 5) is 21.9. The van der Waals surface area contributed by atoms with Crippen LogP contribution in [0.15, 0.2) is 84.9 Å². The van der Waals surface area contributed by atoms with E-state index in [1.54, 1.807) is 0 Å². The van der Waals surface area contributed by atoms with Crippen LogP contribution in [0.5, 0.6) is 0 Å². The van der Waals surface area contributed by atoms with E-state index in [0.717, 1.165) is 52.2 Å². The molecule has 188 valence electrons. The fourth-order valence-electron chi connectivity index (χ4n) is 6.08. The highest BCUT2D eigenvalue weighted by molar-refractivity contribution is 6.12. The van der Waals surface area contributed by atoms with Crippen molar-refractivity contribution in [3.63, 3.8) is 0 Å². The van der Waals surface area contributed by atoms with Crippen LogP contribution >= 0.6 is 0 Å². The minimum atomic E-state index is -1.11. The molecule has 38 heavy (non-hydrogen) atoms. The third kappa shape index (κ3) is 3.11. The average molecular weight is 499 g/mol. The number of nitrogens with one attached hydrogen (secondary N) is 1. The Morgan fingerprint density at radius 2 is 1.63 bits per heavy atom. The number of para-hydroxylation sites is 1. The lowest BCUT2D eigenvalue weighted by atomic mass is 9.93. The van der Waals surface area contributed by atoms with Crippen LogP contribution < -0.4 is 10.2 Å². The summed E-state index contributed by atoms with van der Waals surface area (Å²) in [6.45, 7) is 7.00. The summed E-state index contributed by atoms with van der Waals surface area (Å²) in [5.74, 6) is 0.857. The van der Waals surface area contributed by atoms with Gasteiger partial charge in [-0.2, -0.15) is 0 Å². The highest BCUT2D eigenvalue weighted by Crippen LogP contribution is 2.51. The van der Waals surface area contributed by atoms with Crippen molar-refractivity contribution in [2.75, 3.05) is 16.8 Å². The Morgan fingerprint density at radius 1 is 0.868 bits per heavy atom. The molecule has 5 aromatic rings. The van der Waals surface area contributed by atoms with Crippen molar-refractivity contribution in [2.45, 2.75) is 39.3 Å². The summed E-state index contributed by atoms with van der Waals surface area (Å²) in [6.07, 6.45) is 1.68. The molecule has 0 saturated heterocycles. The Balaban J connectivity index is 1.50. The molecule has 4 aromatic carbocycles. The number of fused-ring (bicyclic) bond motifs is 8. The van der Waals surface area contributed by atoms with Crippen LogP contribution in [0.3, 0.4) is 0 Å². The lowest BCUT2D eigenvalue weighted by Crippen LogP contribution is -2.53. The number of hydrogen-bond acceptors (Lipinski definition) is 3. The van der Waals surface area contributed by atoms with Gasteiger partial charge in [0.1, 0.15) is 5.82 Å². The molecule has 1 spiro atoms. The number of carbonyl (C=O) groups is 1. The van der Waals surface area contributed by atoms with E-state index in [1.807, 2.05) is 23.1 Å². The van der Waals surface area contributed by atoms with Crippen molar-refractivity contribution >= 4 is 28.3 Å². The number of nitrogens with zero attached hydrogens (tertiary/aromatic N) is 3. The zero-order chi connectivity index (χ0) is 26.0. The summed E-state index contributed by atoms with van der Waals surface area (Å²) in [6, 6.07) is 29.4. The van der Waals surface area contributed by atoms with Crippen molar-refractivity contribution in [2.24, 2.45) is 0 Å². The van der Waals surface area contributed by atoms with E-state index in [9.17, 15) is 4.79 Å². The Kier molecular flexibility index (Phi) is 4.99. The van der Waals surface area contributed by atoms with Gasteiger partial charge < -0.3 is 10.2 Å². The molecule has 1 N–H and O–H groups in total. The zero-order valence-corrected chi connectivity index (χ0v) is 22.0. The average Bonchev–Trinajstić information content (AvgIpc) is 3.41. The SMILES string of the molecule is CCc1ccc2c(c1)[C@]1(Nc3ccccc3-c3nc4cc(C)c(C)cc4n31)C(=O)N2CCc1ccccc1. The van der Waals surface area contributed by atoms with E-state index in [2.05, 4.69) is 97.4 Å². The molecule has 0 aliphatic carbocycles. The first-order valence-corrected chi connectivity index (χ1v) is 13.4. The van der Waals surface area contributed by atoms with Crippen molar-refractivity contribution in [1.82, 2.24) is 9.55 Å². The maximum atomic E-state index is 14.8. The van der Waals surface area contributed by atoms with Gasteiger partial charge in [-0.3, -0.25) is 9.36 Å². The minimum absolute atomic E-state index is 0.0324. The van der Waals surface area contributed by atoms with Gasteiger partial charge in [0.05, 0.1) is 16.7 Å². The second-order valence-electron chi connectivity index (χ2n) is 10.5. The summed E-state index contributed by atoms with van der Waals surface area (Å²) in [5, 5.41) is 3.76. The van der Waals surface area contributed by atoms with E-state index in [1.165, 1.54) is 22.3 Å². The van der Waals surface area contributed by atoms with Gasteiger partial charge in [-0.25, -0.2) is 4.98 Å². The predicted molar refractivity (Wildman–Crippen MR) is 154 cm³/mol. The molecule has 1 aromatic heterocycles. The molecule has 0 bridgehead atoms. The molecule has 7 rings (SSSR count). The summed E-state index contributed by atoms with van der Waals surface area (Å²) in [7, 11) is 0. The van der Waals surface area contributed by atoms with Crippen LogP contribution in [0.25, 0.3) is 22.4 Å². The van der Waals surface area contributed by atoms with Gasteiger partial charge in [-0.1, -0.05) is 55.5 Å². The molecule has 3 heterocycles. The summed E-state index contributed by atoms with van der Waals surface area (Å²) in [5.41, 5.74) is 9.45. The second-order valence-corrected chi connectivity index (χ2v) is 10.5. The number of aryl methyl sites for hydroxylation is 3. The lowest BCUT2D eigenvalue weighted by Gasteiger charge is -2.38. The minimum Gasteiger partial charge on any atom is -0.350 e. The summed E-state index contributed by atoms with van der Waals surface area (Å²) < 4.78 is 2.17. The third-order valence-electron chi connectivity index (χ3n) is 8.26. The highest BCUT2D eigenvalue weighted by Gasteiger charge is 2.56. The van der Waals surface area contributed by atoms with Crippen LogP contribution in [0.2, 0.25) is 0 Å². The van der Waals surface area contributed by atoms with Crippen molar-refractivity contribution in [1.29, 1.82) is 0 Å². The van der Waals surface area contributed by atoms with Gasteiger partial charge >= 0.3 is 0 Å².